The second-order valence-electron chi connectivity index (χ2n) is 2.33. The lowest BCUT2D eigenvalue weighted by Crippen LogP contribution is -2.18. The molecule has 0 radical (unpaired) electrons. The van der Waals surface area contributed by atoms with Crippen molar-refractivity contribution in [1.29, 1.82) is 0 Å². The van der Waals surface area contributed by atoms with Gasteiger partial charge in [-0.3, -0.25) is 4.79 Å². The molecule has 1 amide bonds. The minimum absolute atomic E-state index is 0.0229. The predicted octanol–water partition coefficient (Wildman–Crippen LogP) is 1.37. The summed E-state index contributed by atoms with van der Waals surface area (Å²) in [6.07, 6.45) is 0. The van der Waals surface area contributed by atoms with E-state index in [1.807, 2.05) is 0 Å². The zero-order valence-corrected chi connectivity index (χ0v) is 8.76. The maximum absolute atomic E-state index is 11.1. The van der Waals surface area contributed by atoms with E-state index in [9.17, 15) is 4.79 Å². The Morgan fingerprint density at radius 3 is 2.86 bits per heavy atom. The Balaban J connectivity index is 2.71. The van der Waals surface area contributed by atoms with Crippen LogP contribution < -0.4 is 5.32 Å². The summed E-state index contributed by atoms with van der Waals surface area (Å²) in [6, 6.07) is 1.39. The normalized spacial score (nSPS) is 9.93. The molecule has 76 valence electrons. The highest BCUT2D eigenvalue weighted by Gasteiger charge is 2.05. The molecule has 0 aromatic carbocycles. The topological polar surface area (TPSA) is 64.1 Å². The molecular weight excluding hydrogens is 229 g/mol. The van der Waals surface area contributed by atoms with E-state index in [1.165, 1.54) is 13.2 Å². The fourth-order valence-electron chi connectivity index (χ4n) is 0.764. The third kappa shape index (κ3) is 3.45. The molecule has 5 nitrogen and oxygen atoms in total. The summed E-state index contributed by atoms with van der Waals surface area (Å²) >= 11 is 11.1. The van der Waals surface area contributed by atoms with Crippen LogP contribution in [-0.4, -0.2) is 29.6 Å². The Kier molecular flexibility index (Phi) is 4.06. The number of methoxy groups -OCH3 is 1. The van der Waals surface area contributed by atoms with Crippen LogP contribution in [0.4, 0.5) is 5.82 Å². The van der Waals surface area contributed by atoms with Crippen molar-refractivity contribution in [2.24, 2.45) is 0 Å². The number of nitrogens with one attached hydrogen (secondary N) is 1. The highest BCUT2D eigenvalue weighted by Crippen LogP contribution is 2.13. The van der Waals surface area contributed by atoms with E-state index in [0.717, 1.165) is 0 Å². The molecule has 0 saturated heterocycles. The highest BCUT2D eigenvalue weighted by molar-refractivity contribution is 6.32. The molecule has 1 aromatic heterocycles. The number of aromatic nitrogens is 2. The van der Waals surface area contributed by atoms with Gasteiger partial charge in [0.1, 0.15) is 17.6 Å². The smallest absolute Gasteiger partial charge is 0.251 e. The molecule has 0 unspecified atom stereocenters. The SMILES string of the molecule is COCC(=O)Nc1cc(Cl)nc(Cl)n1. The average molecular weight is 236 g/mol. The van der Waals surface area contributed by atoms with Crippen molar-refractivity contribution in [3.8, 4) is 0 Å². The van der Waals surface area contributed by atoms with Gasteiger partial charge >= 0.3 is 0 Å². The van der Waals surface area contributed by atoms with Crippen LogP contribution in [0.1, 0.15) is 0 Å². The fraction of sp³-hybridized carbons (Fsp3) is 0.286. The first kappa shape index (κ1) is 11.2. The van der Waals surface area contributed by atoms with Crippen molar-refractivity contribution in [2.45, 2.75) is 0 Å². The third-order valence-corrected chi connectivity index (χ3v) is 1.57. The van der Waals surface area contributed by atoms with Crippen molar-refractivity contribution in [1.82, 2.24) is 9.97 Å². The van der Waals surface area contributed by atoms with Crippen molar-refractivity contribution >= 4 is 34.9 Å². The van der Waals surface area contributed by atoms with Crippen molar-refractivity contribution < 1.29 is 9.53 Å². The molecule has 0 spiro atoms. The monoisotopic (exact) mass is 235 g/mol. The lowest BCUT2D eigenvalue weighted by Gasteiger charge is -2.03. The van der Waals surface area contributed by atoms with Crippen molar-refractivity contribution in [3.05, 3.63) is 16.5 Å². The number of anilines is 1. The summed E-state index contributed by atoms with van der Waals surface area (Å²) in [5.74, 6) is -0.0876. The molecule has 7 heteroatoms. The first-order valence-electron chi connectivity index (χ1n) is 3.60. The Labute approximate surface area is 90.4 Å². The number of hydrogen-bond donors (Lipinski definition) is 1. The summed E-state index contributed by atoms with van der Waals surface area (Å²) in [5.41, 5.74) is 0. The van der Waals surface area contributed by atoms with Crippen LogP contribution in [0.15, 0.2) is 6.07 Å². The fourth-order valence-corrected chi connectivity index (χ4v) is 1.17. The molecule has 0 aliphatic carbocycles. The van der Waals surface area contributed by atoms with Gasteiger partial charge in [-0.1, -0.05) is 11.6 Å². The molecule has 0 bridgehead atoms. The predicted molar refractivity (Wildman–Crippen MR) is 52.6 cm³/mol. The molecule has 1 N–H and O–H groups in total. The van der Waals surface area contributed by atoms with Crippen molar-refractivity contribution in [2.75, 3.05) is 19.0 Å². The maximum atomic E-state index is 11.1. The van der Waals surface area contributed by atoms with Crippen LogP contribution >= 0.6 is 23.2 Å². The van der Waals surface area contributed by atoms with E-state index < -0.39 is 0 Å². The van der Waals surface area contributed by atoms with E-state index in [4.69, 9.17) is 23.2 Å². The summed E-state index contributed by atoms with van der Waals surface area (Å²) in [5, 5.41) is 2.58. The van der Waals surface area contributed by atoms with Gasteiger partial charge in [-0.25, -0.2) is 9.97 Å². The Morgan fingerprint density at radius 1 is 1.57 bits per heavy atom. The summed E-state index contributed by atoms with van der Waals surface area (Å²) in [4.78, 5) is 18.4. The van der Waals surface area contributed by atoms with Crippen LogP contribution in [0.5, 0.6) is 0 Å². The number of ether oxygens (including phenoxy) is 1. The summed E-state index contributed by atoms with van der Waals surface area (Å²) in [6.45, 7) is -0.0563. The number of hydrogen-bond acceptors (Lipinski definition) is 4. The molecule has 1 heterocycles. The average Bonchev–Trinajstić information content (AvgIpc) is 2.01. The maximum Gasteiger partial charge on any atom is 0.251 e. The van der Waals surface area contributed by atoms with E-state index in [1.54, 1.807) is 0 Å². The van der Waals surface area contributed by atoms with Gasteiger partial charge in [0.2, 0.25) is 5.28 Å². The number of carbonyl (C=O) groups is 1. The molecule has 0 atom stereocenters. The number of amides is 1. The van der Waals surface area contributed by atoms with Gasteiger partial charge in [0.15, 0.2) is 0 Å². The van der Waals surface area contributed by atoms with Crippen LogP contribution in [0.2, 0.25) is 10.4 Å². The van der Waals surface area contributed by atoms with Crippen LogP contribution in [0, 0.1) is 0 Å². The van der Waals surface area contributed by atoms with Gasteiger partial charge < -0.3 is 10.1 Å². The first-order valence-corrected chi connectivity index (χ1v) is 4.36. The van der Waals surface area contributed by atoms with Gasteiger partial charge in [-0.05, 0) is 11.6 Å². The van der Waals surface area contributed by atoms with Gasteiger partial charge in [-0.2, -0.15) is 0 Å². The zero-order valence-electron chi connectivity index (χ0n) is 7.25. The second kappa shape index (κ2) is 5.09. The molecule has 0 fully saturated rings. The van der Waals surface area contributed by atoms with Gasteiger partial charge in [-0.15, -0.1) is 0 Å². The van der Waals surface area contributed by atoms with Gasteiger partial charge in [0.05, 0.1) is 0 Å². The standard InChI is InChI=1S/C7H7Cl2N3O2/c1-14-3-6(13)11-5-2-4(8)10-7(9)12-5/h2H,3H2,1H3,(H,10,11,12,13). The second-order valence-corrected chi connectivity index (χ2v) is 3.05. The molecule has 14 heavy (non-hydrogen) atoms. The molecule has 1 rings (SSSR count). The van der Waals surface area contributed by atoms with Gasteiger partial charge in [0, 0.05) is 13.2 Å². The van der Waals surface area contributed by atoms with Gasteiger partial charge in [0.25, 0.3) is 5.91 Å². The number of rotatable bonds is 3. The molecule has 0 saturated carbocycles. The first-order chi connectivity index (χ1) is 6.61. The lowest BCUT2D eigenvalue weighted by molar-refractivity contribution is -0.119. The quantitative estimate of drug-likeness (QED) is 0.635. The van der Waals surface area contributed by atoms with E-state index in [0.29, 0.717) is 0 Å². The lowest BCUT2D eigenvalue weighted by atomic mass is 10.5. The largest absolute Gasteiger partial charge is 0.375 e. The van der Waals surface area contributed by atoms with Crippen LogP contribution in [-0.2, 0) is 9.53 Å². The Hall–Kier alpha value is -0.910. The minimum Gasteiger partial charge on any atom is -0.375 e. The zero-order chi connectivity index (χ0) is 10.6. The molecule has 0 aliphatic rings. The molecule has 1 aromatic rings. The number of carbonyl (C=O) groups excluding carboxylic acids is 1. The Morgan fingerprint density at radius 2 is 2.29 bits per heavy atom. The highest BCUT2D eigenvalue weighted by atomic mass is 35.5. The van der Waals surface area contributed by atoms with E-state index in [2.05, 4.69) is 20.0 Å². The Bertz CT molecular complexity index is 325. The van der Waals surface area contributed by atoms with Crippen LogP contribution in [0.25, 0.3) is 0 Å². The molecular formula is C7H7Cl2N3O2. The number of halogens is 2. The van der Waals surface area contributed by atoms with E-state index >= 15 is 0 Å². The minimum atomic E-state index is -0.335. The van der Waals surface area contributed by atoms with Crippen LogP contribution in [0.3, 0.4) is 0 Å². The summed E-state index contributed by atoms with van der Waals surface area (Å²) in [7, 11) is 1.42. The molecule has 0 aliphatic heterocycles. The van der Waals surface area contributed by atoms with E-state index in [-0.39, 0.29) is 28.8 Å². The third-order valence-electron chi connectivity index (χ3n) is 1.21. The van der Waals surface area contributed by atoms with Crippen molar-refractivity contribution in [3.63, 3.8) is 0 Å². The summed E-state index contributed by atoms with van der Waals surface area (Å²) < 4.78 is 4.61. The number of nitrogens with zero attached hydrogens (tertiary/aromatic N) is 2.